The number of hydrogen-bond acceptors (Lipinski definition) is 2. The van der Waals surface area contributed by atoms with Crippen LogP contribution in [0.4, 0.5) is 0 Å². The maximum Gasteiger partial charge on any atom is 0.246 e. The van der Waals surface area contributed by atoms with Gasteiger partial charge >= 0.3 is 0 Å². The van der Waals surface area contributed by atoms with E-state index >= 15 is 0 Å². The van der Waals surface area contributed by atoms with Crippen molar-refractivity contribution in [2.24, 2.45) is 0 Å². The van der Waals surface area contributed by atoms with Gasteiger partial charge in [0, 0.05) is 35.6 Å². The molecule has 0 N–H and O–H groups in total. The predicted octanol–water partition coefficient (Wildman–Crippen LogP) is 3.00. The zero-order chi connectivity index (χ0) is 15.4. The lowest BCUT2D eigenvalue weighted by molar-refractivity contribution is -0.519. The molecule has 0 bridgehead atoms. The quantitative estimate of drug-likeness (QED) is 0.330. The van der Waals surface area contributed by atoms with Gasteiger partial charge in [0.05, 0.1) is 0 Å². The summed E-state index contributed by atoms with van der Waals surface area (Å²) in [4.78, 5) is 24.6. The summed E-state index contributed by atoms with van der Waals surface area (Å²) < 4.78 is 0.822. The molecule has 0 aliphatic rings. The number of amides is 1. The lowest BCUT2D eigenvalue weighted by atomic mass is 10.1. The Morgan fingerprint density at radius 2 is 1.75 bits per heavy atom. The molecule has 4 nitrogen and oxygen atoms in total. The molecule has 20 heavy (non-hydrogen) atoms. The second kappa shape index (κ2) is 10.7. The van der Waals surface area contributed by atoms with Crippen LogP contribution in [0.5, 0.6) is 0 Å². The second-order valence-electron chi connectivity index (χ2n) is 4.16. The Labute approximate surface area is 121 Å². The van der Waals surface area contributed by atoms with Crippen molar-refractivity contribution < 1.29 is 9.55 Å². The van der Waals surface area contributed by atoms with Crippen molar-refractivity contribution in [3.8, 4) is 0 Å². The Balaban J connectivity index is 4.45. The number of rotatable bonds is 11. The lowest BCUT2D eigenvalue weighted by Gasteiger charge is -2.16. The molecule has 0 saturated heterocycles. The standard InChI is InChI=1S/C16H23N2O2/c1-5-11-15(18(20)8-4)12-9-10-14-17(13-6-2)16(19)7-3/h5-10,15H,1-4,11-14H2/q+1/b10-9+. The van der Waals surface area contributed by atoms with E-state index in [1.165, 1.54) is 12.3 Å². The summed E-state index contributed by atoms with van der Waals surface area (Å²) in [6, 6.07) is -0.204. The van der Waals surface area contributed by atoms with E-state index in [9.17, 15) is 9.70 Å². The summed E-state index contributed by atoms with van der Waals surface area (Å²) in [6.45, 7) is 15.1. The highest BCUT2D eigenvalue weighted by Crippen LogP contribution is 2.06. The lowest BCUT2D eigenvalue weighted by Crippen LogP contribution is -2.29. The normalized spacial score (nSPS) is 11.6. The minimum atomic E-state index is -0.204. The summed E-state index contributed by atoms with van der Waals surface area (Å²) >= 11 is 0. The molecule has 0 aliphatic carbocycles. The third-order valence-corrected chi connectivity index (χ3v) is 2.71. The van der Waals surface area contributed by atoms with Gasteiger partial charge in [-0.3, -0.25) is 4.79 Å². The Kier molecular flexibility index (Phi) is 9.48. The number of nitroso groups, excluding NO2 is 1. The van der Waals surface area contributed by atoms with E-state index in [0.29, 0.717) is 25.9 Å². The largest absolute Gasteiger partial charge is 0.332 e. The van der Waals surface area contributed by atoms with Crippen LogP contribution in [0.3, 0.4) is 0 Å². The third-order valence-electron chi connectivity index (χ3n) is 2.71. The van der Waals surface area contributed by atoms with Crippen molar-refractivity contribution in [3.05, 3.63) is 67.8 Å². The topological polar surface area (TPSA) is 40.4 Å². The summed E-state index contributed by atoms with van der Waals surface area (Å²) in [6.07, 6.45) is 10.8. The average Bonchev–Trinajstić information content (AvgIpc) is 2.47. The van der Waals surface area contributed by atoms with E-state index in [1.807, 2.05) is 12.2 Å². The third kappa shape index (κ3) is 6.64. The zero-order valence-corrected chi connectivity index (χ0v) is 11.9. The van der Waals surface area contributed by atoms with Crippen molar-refractivity contribution in [2.45, 2.75) is 18.9 Å². The summed E-state index contributed by atoms with van der Waals surface area (Å²) in [5.74, 6) is -0.145. The van der Waals surface area contributed by atoms with E-state index in [-0.39, 0.29) is 11.9 Å². The molecule has 0 heterocycles. The van der Waals surface area contributed by atoms with Gasteiger partial charge in [0.2, 0.25) is 18.1 Å². The highest BCUT2D eigenvalue weighted by atomic mass is 16.3. The highest BCUT2D eigenvalue weighted by Gasteiger charge is 2.19. The van der Waals surface area contributed by atoms with Crippen molar-refractivity contribution in [1.82, 2.24) is 4.90 Å². The van der Waals surface area contributed by atoms with Gasteiger partial charge in [-0.25, -0.2) is 0 Å². The molecule has 4 heteroatoms. The van der Waals surface area contributed by atoms with Crippen LogP contribution in [0.2, 0.25) is 0 Å². The molecule has 1 atom stereocenters. The first-order valence-electron chi connectivity index (χ1n) is 6.46. The maximum absolute atomic E-state index is 11.5. The average molecular weight is 275 g/mol. The van der Waals surface area contributed by atoms with Crippen LogP contribution in [-0.4, -0.2) is 34.7 Å². The number of hydrogen-bond donors (Lipinski definition) is 0. The molecule has 0 aromatic rings. The SMILES string of the molecule is C=CCC(C/C=C/CN(CC=C)C(=O)C=C)[N+](=O)C=C. The van der Waals surface area contributed by atoms with Crippen LogP contribution in [0.15, 0.2) is 62.9 Å². The summed E-state index contributed by atoms with van der Waals surface area (Å²) in [7, 11) is 0. The van der Waals surface area contributed by atoms with Crippen LogP contribution in [0.25, 0.3) is 0 Å². The molecule has 1 unspecified atom stereocenters. The summed E-state index contributed by atoms with van der Waals surface area (Å²) in [5.41, 5.74) is 0. The van der Waals surface area contributed by atoms with Gasteiger partial charge in [-0.2, -0.15) is 0 Å². The fourth-order valence-electron chi connectivity index (χ4n) is 1.64. The first-order chi connectivity index (χ1) is 9.60. The van der Waals surface area contributed by atoms with E-state index in [1.54, 1.807) is 17.1 Å². The first-order valence-corrected chi connectivity index (χ1v) is 6.46. The van der Waals surface area contributed by atoms with Crippen LogP contribution in [-0.2, 0) is 4.79 Å². The molecule has 0 rings (SSSR count). The Morgan fingerprint density at radius 3 is 2.25 bits per heavy atom. The van der Waals surface area contributed by atoms with Crippen molar-refractivity contribution in [1.29, 1.82) is 0 Å². The van der Waals surface area contributed by atoms with Gasteiger partial charge in [0.25, 0.3) is 0 Å². The first kappa shape index (κ1) is 17.8. The fourth-order valence-corrected chi connectivity index (χ4v) is 1.64. The van der Waals surface area contributed by atoms with Gasteiger partial charge in [0.1, 0.15) is 0 Å². The molecule has 0 aromatic carbocycles. The molecule has 0 aromatic heterocycles. The number of carbonyl (C=O) groups excluding carboxylic acids is 1. The van der Waals surface area contributed by atoms with Crippen LogP contribution in [0, 0.1) is 4.91 Å². The van der Waals surface area contributed by atoms with Gasteiger partial charge in [-0.15, -0.1) is 13.2 Å². The van der Waals surface area contributed by atoms with Crippen molar-refractivity contribution in [3.63, 3.8) is 0 Å². The van der Waals surface area contributed by atoms with Gasteiger partial charge in [-0.1, -0.05) is 30.9 Å². The van der Waals surface area contributed by atoms with Crippen molar-refractivity contribution in [2.75, 3.05) is 13.1 Å². The molecule has 108 valence electrons. The molecular formula is C16H23N2O2+. The Hall–Kier alpha value is -2.23. The summed E-state index contributed by atoms with van der Waals surface area (Å²) in [5, 5.41) is 0. The van der Waals surface area contributed by atoms with E-state index in [0.717, 1.165) is 4.76 Å². The molecule has 0 aliphatic heterocycles. The number of nitrogens with zero attached hydrogens (tertiary/aromatic N) is 2. The van der Waals surface area contributed by atoms with E-state index < -0.39 is 0 Å². The number of carbonyl (C=O) groups is 1. The van der Waals surface area contributed by atoms with Crippen LogP contribution >= 0.6 is 0 Å². The molecule has 1 amide bonds. The van der Waals surface area contributed by atoms with Crippen molar-refractivity contribution >= 4 is 5.91 Å². The van der Waals surface area contributed by atoms with Gasteiger partial charge in [0.15, 0.2) is 0 Å². The fraction of sp³-hybridized carbons (Fsp3) is 0.312. The Bertz CT molecular complexity index is 373. The van der Waals surface area contributed by atoms with Crippen LogP contribution in [0.1, 0.15) is 12.8 Å². The molecule has 0 radical (unpaired) electrons. The molecule has 0 spiro atoms. The maximum atomic E-state index is 11.5. The molecule has 0 fully saturated rings. The minimum Gasteiger partial charge on any atom is -0.332 e. The van der Waals surface area contributed by atoms with Gasteiger partial charge < -0.3 is 4.90 Å². The van der Waals surface area contributed by atoms with Crippen LogP contribution < -0.4 is 0 Å². The smallest absolute Gasteiger partial charge is 0.246 e. The highest BCUT2D eigenvalue weighted by molar-refractivity contribution is 5.87. The predicted molar refractivity (Wildman–Crippen MR) is 83.2 cm³/mol. The zero-order valence-electron chi connectivity index (χ0n) is 11.9. The van der Waals surface area contributed by atoms with E-state index in [2.05, 4.69) is 26.3 Å². The molecule has 0 saturated carbocycles. The second-order valence-corrected chi connectivity index (χ2v) is 4.16. The minimum absolute atomic E-state index is 0.145. The van der Waals surface area contributed by atoms with E-state index in [4.69, 9.17) is 0 Å². The Morgan fingerprint density at radius 1 is 1.05 bits per heavy atom. The molecular weight excluding hydrogens is 252 g/mol. The van der Waals surface area contributed by atoms with Gasteiger partial charge in [-0.05, 0) is 12.7 Å². The monoisotopic (exact) mass is 275 g/mol.